The Bertz CT molecular complexity index is 832. The van der Waals surface area contributed by atoms with Gasteiger partial charge in [-0.1, -0.05) is 0 Å². The van der Waals surface area contributed by atoms with Crippen LogP contribution in [0.4, 0.5) is 5.69 Å². The molecule has 0 bridgehead atoms. The molecule has 1 N–H and O–H groups in total. The smallest absolute Gasteiger partial charge is 0.248 e. The lowest BCUT2D eigenvalue weighted by atomic mass is 10.4. The van der Waals surface area contributed by atoms with Gasteiger partial charge in [-0.2, -0.15) is 0 Å². The molecular weight excluding hydrogens is 294 g/mol. The molecule has 0 saturated carbocycles. The number of hydrogen-bond donors (Lipinski definition) is 1. The molecule has 23 heavy (non-hydrogen) atoms. The van der Waals surface area contributed by atoms with Crippen molar-refractivity contribution >= 4 is 17.7 Å². The van der Waals surface area contributed by atoms with Gasteiger partial charge in [0.25, 0.3) is 0 Å². The number of anilines is 1. The molecule has 0 saturated heterocycles. The standard InChI is InChI=1S/C16H15N5O2/c1-11-12(2)21(10-19-11)16-17-8-13(9-18-16)20-15(22)6-5-14-4-3-7-23-14/h3-10H,1-2H3,(H,20,22)/b6-5+. The van der Waals surface area contributed by atoms with E-state index >= 15 is 0 Å². The van der Waals surface area contributed by atoms with E-state index in [1.165, 1.54) is 6.08 Å². The summed E-state index contributed by atoms with van der Waals surface area (Å²) in [5.74, 6) is 0.831. The molecule has 0 spiro atoms. The van der Waals surface area contributed by atoms with Gasteiger partial charge in [0.2, 0.25) is 11.9 Å². The van der Waals surface area contributed by atoms with Gasteiger partial charge in [-0.25, -0.2) is 15.0 Å². The van der Waals surface area contributed by atoms with Crippen LogP contribution in [-0.2, 0) is 4.79 Å². The van der Waals surface area contributed by atoms with Crippen molar-refractivity contribution in [1.29, 1.82) is 0 Å². The van der Waals surface area contributed by atoms with Gasteiger partial charge in [0, 0.05) is 11.8 Å². The average Bonchev–Trinajstić information content (AvgIpc) is 3.18. The monoisotopic (exact) mass is 309 g/mol. The van der Waals surface area contributed by atoms with Crippen molar-refractivity contribution in [1.82, 2.24) is 19.5 Å². The molecule has 0 aliphatic heterocycles. The van der Waals surface area contributed by atoms with Crippen LogP contribution in [0.5, 0.6) is 0 Å². The quantitative estimate of drug-likeness (QED) is 0.748. The first kappa shape index (κ1) is 14.7. The first-order valence-electron chi connectivity index (χ1n) is 6.99. The first-order valence-corrected chi connectivity index (χ1v) is 6.99. The van der Waals surface area contributed by atoms with Gasteiger partial charge >= 0.3 is 0 Å². The van der Waals surface area contributed by atoms with Crippen LogP contribution >= 0.6 is 0 Å². The lowest BCUT2D eigenvalue weighted by molar-refractivity contribution is -0.111. The predicted molar refractivity (Wildman–Crippen MR) is 85.0 cm³/mol. The minimum atomic E-state index is -0.285. The van der Waals surface area contributed by atoms with E-state index in [2.05, 4.69) is 20.3 Å². The second-order valence-corrected chi connectivity index (χ2v) is 4.90. The summed E-state index contributed by atoms with van der Waals surface area (Å²) in [6.45, 7) is 3.87. The number of aromatic nitrogens is 4. The van der Waals surface area contributed by atoms with Crippen molar-refractivity contribution < 1.29 is 9.21 Å². The van der Waals surface area contributed by atoms with Crippen LogP contribution < -0.4 is 5.32 Å². The number of carbonyl (C=O) groups excluding carboxylic acids is 1. The zero-order chi connectivity index (χ0) is 16.2. The molecule has 3 aromatic heterocycles. The maximum absolute atomic E-state index is 11.8. The molecule has 3 heterocycles. The summed E-state index contributed by atoms with van der Waals surface area (Å²) in [6.07, 6.45) is 9.29. The molecular formula is C16H15N5O2. The van der Waals surface area contributed by atoms with Gasteiger partial charge in [-0.3, -0.25) is 9.36 Å². The van der Waals surface area contributed by atoms with Crippen LogP contribution in [0.3, 0.4) is 0 Å². The first-order chi connectivity index (χ1) is 11.1. The highest BCUT2D eigenvalue weighted by atomic mass is 16.3. The lowest BCUT2D eigenvalue weighted by Gasteiger charge is -2.05. The second kappa shape index (κ2) is 6.27. The predicted octanol–water partition coefficient (Wildman–Crippen LogP) is 2.52. The second-order valence-electron chi connectivity index (χ2n) is 4.90. The van der Waals surface area contributed by atoms with E-state index in [1.54, 1.807) is 47.8 Å². The van der Waals surface area contributed by atoms with E-state index in [0.29, 0.717) is 17.4 Å². The summed E-state index contributed by atoms with van der Waals surface area (Å²) in [7, 11) is 0. The highest BCUT2D eigenvalue weighted by molar-refractivity contribution is 6.01. The average molecular weight is 309 g/mol. The molecule has 1 amide bonds. The maximum Gasteiger partial charge on any atom is 0.248 e. The Morgan fingerprint density at radius 1 is 1.26 bits per heavy atom. The summed E-state index contributed by atoms with van der Waals surface area (Å²) < 4.78 is 6.90. The van der Waals surface area contributed by atoms with Crippen molar-refractivity contribution in [3.8, 4) is 5.95 Å². The van der Waals surface area contributed by atoms with Gasteiger partial charge in [-0.05, 0) is 32.1 Å². The molecule has 0 aliphatic rings. The van der Waals surface area contributed by atoms with Crippen LogP contribution in [0.15, 0.2) is 47.6 Å². The normalized spacial score (nSPS) is 11.0. The highest BCUT2D eigenvalue weighted by Crippen LogP contribution is 2.11. The minimum absolute atomic E-state index is 0.285. The fourth-order valence-electron chi connectivity index (χ4n) is 1.94. The number of hydrogen-bond acceptors (Lipinski definition) is 5. The molecule has 7 heteroatoms. The number of amides is 1. The van der Waals surface area contributed by atoms with Crippen molar-refractivity contribution in [2.24, 2.45) is 0 Å². The topological polar surface area (TPSA) is 85.8 Å². The van der Waals surface area contributed by atoms with Gasteiger partial charge in [0.05, 0.1) is 30.0 Å². The number of nitrogens with one attached hydrogen (secondary N) is 1. The Morgan fingerprint density at radius 3 is 2.65 bits per heavy atom. The maximum atomic E-state index is 11.8. The molecule has 3 rings (SSSR count). The number of rotatable bonds is 4. The Morgan fingerprint density at radius 2 is 2.04 bits per heavy atom. The Labute approximate surface area is 132 Å². The number of aryl methyl sites for hydroxylation is 1. The number of nitrogens with zero attached hydrogens (tertiary/aromatic N) is 4. The fourth-order valence-corrected chi connectivity index (χ4v) is 1.94. The molecule has 3 aromatic rings. The zero-order valence-corrected chi connectivity index (χ0v) is 12.7. The molecule has 0 fully saturated rings. The van der Waals surface area contributed by atoms with Gasteiger partial charge < -0.3 is 9.73 Å². The number of carbonyl (C=O) groups is 1. The summed E-state index contributed by atoms with van der Waals surface area (Å²) in [5.41, 5.74) is 2.41. The van der Waals surface area contributed by atoms with E-state index in [0.717, 1.165) is 11.4 Å². The van der Waals surface area contributed by atoms with Gasteiger partial charge in [0.1, 0.15) is 12.1 Å². The summed E-state index contributed by atoms with van der Waals surface area (Å²) in [6, 6.07) is 3.51. The van der Waals surface area contributed by atoms with Crippen molar-refractivity contribution in [2.75, 3.05) is 5.32 Å². The molecule has 0 atom stereocenters. The third kappa shape index (κ3) is 3.34. The number of furan rings is 1. The molecule has 0 unspecified atom stereocenters. The van der Waals surface area contributed by atoms with Crippen LogP contribution in [-0.4, -0.2) is 25.4 Å². The van der Waals surface area contributed by atoms with E-state index in [4.69, 9.17) is 4.42 Å². The van der Waals surface area contributed by atoms with Crippen LogP contribution in [0.25, 0.3) is 12.0 Å². The van der Waals surface area contributed by atoms with E-state index in [1.807, 2.05) is 13.8 Å². The van der Waals surface area contributed by atoms with E-state index in [9.17, 15) is 4.79 Å². The molecule has 7 nitrogen and oxygen atoms in total. The summed E-state index contributed by atoms with van der Waals surface area (Å²) in [5, 5.41) is 2.69. The third-order valence-electron chi connectivity index (χ3n) is 3.32. The number of imidazole rings is 1. The largest absolute Gasteiger partial charge is 0.465 e. The third-order valence-corrected chi connectivity index (χ3v) is 3.32. The minimum Gasteiger partial charge on any atom is -0.465 e. The summed E-state index contributed by atoms with van der Waals surface area (Å²) >= 11 is 0. The Kier molecular flexibility index (Phi) is 4.01. The zero-order valence-electron chi connectivity index (χ0n) is 12.7. The van der Waals surface area contributed by atoms with Gasteiger partial charge in [-0.15, -0.1) is 0 Å². The van der Waals surface area contributed by atoms with Crippen molar-refractivity contribution in [3.05, 3.63) is 60.3 Å². The summed E-state index contributed by atoms with van der Waals surface area (Å²) in [4.78, 5) is 24.5. The Balaban J connectivity index is 1.68. The van der Waals surface area contributed by atoms with Crippen molar-refractivity contribution in [3.63, 3.8) is 0 Å². The van der Waals surface area contributed by atoms with Gasteiger partial charge in [0.15, 0.2) is 0 Å². The van der Waals surface area contributed by atoms with E-state index < -0.39 is 0 Å². The van der Waals surface area contributed by atoms with E-state index in [-0.39, 0.29) is 5.91 Å². The van der Waals surface area contributed by atoms with Crippen LogP contribution in [0.1, 0.15) is 17.1 Å². The lowest BCUT2D eigenvalue weighted by Crippen LogP contribution is -2.09. The Hall–Kier alpha value is -3.22. The van der Waals surface area contributed by atoms with Crippen LogP contribution in [0.2, 0.25) is 0 Å². The fraction of sp³-hybridized carbons (Fsp3) is 0.125. The molecule has 116 valence electrons. The molecule has 0 aliphatic carbocycles. The molecule has 0 aromatic carbocycles. The van der Waals surface area contributed by atoms with Crippen LogP contribution in [0, 0.1) is 13.8 Å². The molecule has 0 radical (unpaired) electrons. The highest BCUT2D eigenvalue weighted by Gasteiger charge is 2.07. The SMILES string of the molecule is Cc1ncn(-c2ncc(NC(=O)/C=C/c3ccco3)cn2)c1C. The van der Waals surface area contributed by atoms with Crippen molar-refractivity contribution in [2.45, 2.75) is 13.8 Å².